The predicted octanol–water partition coefficient (Wildman–Crippen LogP) is 4.06. The van der Waals surface area contributed by atoms with Crippen LogP contribution in [0.4, 0.5) is 0 Å². The van der Waals surface area contributed by atoms with Gasteiger partial charge in [-0.25, -0.2) is 0 Å². The Morgan fingerprint density at radius 2 is 1.89 bits per heavy atom. The molecule has 1 saturated heterocycles. The average molecular weight is 268 g/mol. The quantitative estimate of drug-likeness (QED) is 0.635. The highest BCUT2D eigenvalue weighted by molar-refractivity contribution is 4.88. The Kier molecular flexibility index (Phi) is 8.72. The third kappa shape index (κ3) is 5.83. The minimum absolute atomic E-state index is 0.712. The molecule has 0 amide bonds. The first-order valence-electron chi connectivity index (χ1n) is 8.70. The van der Waals surface area contributed by atoms with Gasteiger partial charge in [-0.15, -0.1) is 0 Å². The fourth-order valence-corrected chi connectivity index (χ4v) is 3.18. The Bertz CT molecular complexity index is 217. The SMILES string of the molecule is CCCCCCN1CC(C(C)CC)NCC1CCC. The molecular weight excluding hydrogens is 232 g/mol. The largest absolute Gasteiger partial charge is 0.311 e. The van der Waals surface area contributed by atoms with E-state index in [2.05, 4.69) is 37.9 Å². The van der Waals surface area contributed by atoms with Gasteiger partial charge in [0.25, 0.3) is 0 Å². The van der Waals surface area contributed by atoms with Gasteiger partial charge in [-0.2, -0.15) is 0 Å². The van der Waals surface area contributed by atoms with E-state index in [1.165, 1.54) is 64.6 Å². The number of nitrogens with one attached hydrogen (secondary N) is 1. The zero-order valence-corrected chi connectivity index (χ0v) is 13.8. The van der Waals surface area contributed by atoms with Crippen molar-refractivity contribution in [3.05, 3.63) is 0 Å². The van der Waals surface area contributed by atoms with Crippen LogP contribution in [0.1, 0.15) is 72.6 Å². The lowest BCUT2D eigenvalue weighted by molar-refractivity contribution is 0.101. The number of hydrogen-bond acceptors (Lipinski definition) is 2. The minimum Gasteiger partial charge on any atom is -0.311 e. The van der Waals surface area contributed by atoms with E-state index < -0.39 is 0 Å². The second kappa shape index (κ2) is 9.77. The van der Waals surface area contributed by atoms with Crippen molar-refractivity contribution in [3.8, 4) is 0 Å². The van der Waals surface area contributed by atoms with Crippen molar-refractivity contribution in [2.75, 3.05) is 19.6 Å². The molecule has 0 radical (unpaired) electrons. The van der Waals surface area contributed by atoms with Crippen molar-refractivity contribution in [1.82, 2.24) is 10.2 Å². The Morgan fingerprint density at radius 1 is 1.11 bits per heavy atom. The molecule has 0 aromatic carbocycles. The predicted molar refractivity (Wildman–Crippen MR) is 85.7 cm³/mol. The molecule has 19 heavy (non-hydrogen) atoms. The van der Waals surface area contributed by atoms with E-state index in [9.17, 15) is 0 Å². The van der Waals surface area contributed by atoms with Gasteiger partial charge >= 0.3 is 0 Å². The van der Waals surface area contributed by atoms with Crippen LogP contribution in [0.2, 0.25) is 0 Å². The Balaban J connectivity index is 2.42. The summed E-state index contributed by atoms with van der Waals surface area (Å²) >= 11 is 0. The van der Waals surface area contributed by atoms with Crippen molar-refractivity contribution in [2.24, 2.45) is 5.92 Å². The maximum Gasteiger partial charge on any atom is 0.0221 e. The first kappa shape index (κ1) is 17.0. The molecule has 1 aliphatic rings. The second-order valence-corrected chi connectivity index (χ2v) is 6.40. The van der Waals surface area contributed by atoms with Gasteiger partial charge < -0.3 is 5.32 Å². The van der Waals surface area contributed by atoms with Crippen LogP contribution in [0.15, 0.2) is 0 Å². The van der Waals surface area contributed by atoms with E-state index in [1.807, 2.05) is 0 Å². The molecule has 0 bridgehead atoms. The Morgan fingerprint density at radius 3 is 2.53 bits per heavy atom. The maximum absolute atomic E-state index is 3.79. The first-order chi connectivity index (χ1) is 9.22. The van der Waals surface area contributed by atoms with Crippen LogP contribution in [-0.2, 0) is 0 Å². The molecule has 1 N–H and O–H groups in total. The Labute approximate surface area is 121 Å². The molecule has 1 rings (SSSR count). The summed E-state index contributed by atoms with van der Waals surface area (Å²) in [6, 6.07) is 1.50. The highest BCUT2D eigenvalue weighted by Crippen LogP contribution is 2.19. The summed E-state index contributed by atoms with van der Waals surface area (Å²) in [6.07, 6.45) is 9.50. The van der Waals surface area contributed by atoms with Crippen molar-refractivity contribution in [1.29, 1.82) is 0 Å². The lowest BCUT2D eigenvalue weighted by Crippen LogP contribution is -2.58. The molecule has 0 aromatic rings. The van der Waals surface area contributed by atoms with Crippen molar-refractivity contribution >= 4 is 0 Å². The highest BCUT2D eigenvalue weighted by atomic mass is 15.2. The van der Waals surface area contributed by atoms with E-state index >= 15 is 0 Å². The second-order valence-electron chi connectivity index (χ2n) is 6.40. The molecule has 1 heterocycles. The van der Waals surface area contributed by atoms with Gasteiger partial charge in [0.2, 0.25) is 0 Å². The van der Waals surface area contributed by atoms with Crippen LogP contribution in [0, 0.1) is 5.92 Å². The summed E-state index contributed by atoms with van der Waals surface area (Å²) in [4.78, 5) is 2.78. The van der Waals surface area contributed by atoms with Crippen LogP contribution < -0.4 is 5.32 Å². The number of unbranched alkanes of at least 4 members (excludes halogenated alkanes) is 3. The number of piperazine rings is 1. The molecule has 2 nitrogen and oxygen atoms in total. The zero-order chi connectivity index (χ0) is 14.1. The monoisotopic (exact) mass is 268 g/mol. The first-order valence-corrected chi connectivity index (χ1v) is 8.70. The van der Waals surface area contributed by atoms with Crippen LogP contribution in [0.5, 0.6) is 0 Å². The summed E-state index contributed by atoms with van der Waals surface area (Å²) in [5.41, 5.74) is 0. The fourth-order valence-electron chi connectivity index (χ4n) is 3.18. The molecule has 2 heteroatoms. The smallest absolute Gasteiger partial charge is 0.0221 e. The zero-order valence-electron chi connectivity index (χ0n) is 13.8. The number of rotatable bonds is 9. The molecule has 0 saturated carbocycles. The lowest BCUT2D eigenvalue weighted by Gasteiger charge is -2.42. The molecule has 0 spiro atoms. The molecule has 0 aromatic heterocycles. The fraction of sp³-hybridized carbons (Fsp3) is 1.00. The van der Waals surface area contributed by atoms with E-state index in [-0.39, 0.29) is 0 Å². The van der Waals surface area contributed by atoms with E-state index in [1.54, 1.807) is 0 Å². The summed E-state index contributed by atoms with van der Waals surface area (Å²) in [6.45, 7) is 13.1. The van der Waals surface area contributed by atoms with Gasteiger partial charge in [0, 0.05) is 25.2 Å². The average Bonchev–Trinajstić information content (AvgIpc) is 2.44. The van der Waals surface area contributed by atoms with Crippen LogP contribution in [0.25, 0.3) is 0 Å². The van der Waals surface area contributed by atoms with Gasteiger partial charge in [0.05, 0.1) is 0 Å². The number of nitrogens with zero attached hydrogens (tertiary/aromatic N) is 1. The molecule has 0 aliphatic carbocycles. The van der Waals surface area contributed by atoms with E-state index in [0.717, 1.165) is 12.0 Å². The maximum atomic E-state index is 3.79. The molecule has 3 unspecified atom stereocenters. The summed E-state index contributed by atoms with van der Waals surface area (Å²) < 4.78 is 0. The minimum atomic E-state index is 0.712. The molecule has 3 atom stereocenters. The van der Waals surface area contributed by atoms with E-state index in [0.29, 0.717) is 6.04 Å². The van der Waals surface area contributed by atoms with Crippen molar-refractivity contribution in [2.45, 2.75) is 84.7 Å². The molecule has 1 aliphatic heterocycles. The molecule has 114 valence electrons. The number of hydrogen-bond donors (Lipinski definition) is 1. The summed E-state index contributed by atoms with van der Waals surface area (Å²) in [5, 5.41) is 3.79. The summed E-state index contributed by atoms with van der Waals surface area (Å²) in [5.74, 6) is 0.806. The Hall–Kier alpha value is -0.0800. The van der Waals surface area contributed by atoms with Gasteiger partial charge in [0.1, 0.15) is 0 Å². The van der Waals surface area contributed by atoms with Crippen molar-refractivity contribution in [3.63, 3.8) is 0 Å². The highest BCUT2D eigenvalue weighted by Gasteiger charge is 2.28. The van der Waals surface area contributed by atoms with E-state index in [4.69, 9.17) is 0 Å². The topological polar surface area (TPSA) is 15.3 Å². The lowest BCUT2D eigenvalue weighted by atomic mass is 9.94. The third-order valence-electron chi connectivity index (χ3n) is 4.81. The van der Waals surface area contributed by atoms with Crippen molar-refractivity contribution < 1.29 is 0 Å². The van der Waals surface area contributed by atoms with Gasteiger partial charge in [-0.05, 0) is 25.3 Å². The van der Waals surface area contributed by atoms with Crippen LogP contribution >= 0.6 is 0 Å². The third-order valence-corrected chi connectivity index (χ3v) is 4.81. The standard InChI is InChI=1S/C17H36N2/c1-5-8-9-10-12-19-14-17(15(4)7-3)18-13-16(19)11-6-2/h15-18H,5-14H2,1-4H3. The summed E-state index contributed by atoms with van der Waals surface area (Å²) in [7, 11) is 0. The normalized spacial score (nSPS) is 26.5. The van der Waals surface area contributed by atoms with Crippen LogP contribution in [-0.4, -0.2) is 36.6 Å². The van der Waals surface area contributed by atoms with Gasteiger partial charge in [0.15, 0.2) is 0 Å². The van der Waals surface area contributed by atoms with Crippen LogP contribution in [0.3, 0.4) is 0 Å². The van der Waals surface area contributed by atoms with Gasteiger partial charge in [-0.3, -0.25) is 4.90 Å². The van der Waals surface area contributed by atoms with Gasteiger partial charge in [-0.1, -0.05) is 59.8 Å². The molecular formula is C17H36N2. The molecule has 1 fully saturated rings.